The van der Waals surface area contributed by atoms with Gasteiger partial charge in [0.25, 0.3) is 0 Å². The van der Waals surface area contributed by atoms with Crippen LogP contribution in [0.3, 0.4) is 0 Å². The van der Waals surface area contributed by atoms with Gasteiger partial charge in [-0.3, -0.25) is 0 Å². The third kappa shape index (κ3) is 3.48. The van der Waals surface area contributed by atoms with Crippen LogP contribution in [0.5, 0.6) is 0 Å². The zero-order chi connectivity index (χ0) is 14.0. The van der Waals surface area contributed by atoms with Crippen LogP contribution in [0.1, 0.15) is 31.9 Å². The number of nitrogens with zero attached hydrogens (tertiary/aromatic N) is 2. The Hall–Kier alpha value is -1.53. The lowest BCUT2D eigenvalue weighted by molar-refractivity contribution is -0.141. The Bertz CT molecular complexity index is 447. The van der Waals surface area contributed by atoms with E-state index in [0.29, 0.717) is 18.4 Å². The van der Waals surface area contributed by atoms with Gasteiger partial charge in [-0.05, 0) is 18.3 Å². The predicted octanol–water partition coefficient (Wildman–Crippen LogP) is 2.93. The van der Waals surface area contributed by atoms with Crippen LogP contribution >= 0.6 is 0 Å². The van der Waals surface area contributed by atoms with Gasteiger partial charge >= 0.3 is 6.18 Å². The highest BCUT2D eigenvalue weighted by atomic mass is 19.4. The van der Waals surface area contributed by atoms with Gasteiger partial charge in [-0.15, -0.1) is 0 Å². The number of anilines is 2. The lowest BCUT2D eigenvalue weighted by Gasteiger charge is -2.17. The van der Waals surface area contributed by atoms with Crippen LogP contribution in [0.25, 0.3) is 0 Å². The fraction of sp³-hybridized carbons (Fsp3) is 0.667. The highest BCUT2D eigenvalue weighted by Crippen LogP contribution is 2.32. The molecule has 1 aromatic rings. The van der Waals surface area contributed by atoms with Crippen molar-refractivity contribution in [2.45, 2.75) is 32.4 Å². The highest BCUT2D eigenvalue weighted by Gasteiger charge is 2.33. The molecule has 3 N–H and O–H groups in total. The van der Waals surface area contributed by atoms with E-state index in [0.717, 1.165) is 12.5 Å². The molecule has 0 amide bonds. The summed E-state index contributed by atoms with van der Waals surface area (Å²) in [4.78, 5) is 6.99. The SMILES string of the molecule is CC1CCCC1CNc1cc(C(F)(F)F)nc(N)n1. The van der Waals surface area contributed by atoms with E-state index in [4.69, 9.17) is 5.73 Å². The van der Waals surface area contributed by atoms with Gasteiger partial charge in [-0.25, -0.2) is 4.98 Å². The zero-order valence-corrected chi connectivity index (χ0v) is 10.7. The van der Waals surface area contributed by atoms with Gasteiger partial charge in [-0.2, -0.15) is 18.2 Å². The minimum Gasteiger partial charge on any atom is -0.370 e. The smallest absolute Gasteiger partial charge is 0.370 e. The summed E-state index contributed by atoms with van der Waals surface area (Å²) in [5.74, 6) is 0.843. The molecule has 1 aliphatic rings. The third-order valence-electron chi connectivity index (χ3n) is 3.62. The van der Waals surface area contributed by atoms with Crippen molar-refractivity contribution in [1.29, 1.82) is 0 Å². The lowest BCUT2D eigenvalue weighted by Crippen LogP contribution is -2.18. The van der Waals surface area contributed by atoms with Gasteiger partial charge in [0.2, 0.25) is 5.95 Å². The molecule has 0 spiro atoms. The second kappa shape index (κ2) is 5.22. The molecule has 1 aliphatic carbocycles. The number of hydrogen-bond donors (Lipinski definition) is 2. The molecule has 0 bridgehead atoms. The molecule has 0 aliphatic heterocycles. The minimum absolute atomic E-state index is 0.138. The number of nitrogens with one attached hydrogen (secondary N) is 1. The summed E-state index contributed by atoms with van der Waals surface area (Å²) < 4.78 is 37.7. The highest BCUT2D eigenvalue weighted by molar-refractivity contribution is 5.41. The van der Waals surface area contributed by atoms with Crippen molar-refractivity contribution in [2.24, 2.45) is 11.8 Å². The van der Waals surface area contributed by atoms with E-state index < -0.39 is 11.9 Å². The minimum atomic E-state index is -4.51. The molecular weight excluding hydrogens is 257 g/mol. The van der Waals surface area contributed by atoms with E-state index in [1.54, 1.807) is 0 Å². The van der Waals surface area contributed by atoms with Crippen molar-refractivity contribution < 1.29 is 13.2 Å². The number of nitrogen functional groups attached to an aromatic ring is 1. The molecule has 4 nitrogen and oxygen atoms in total. The second-order valence-electron chi connectivity index (χ2n) is 5.04. The van der Waals surface area contributed by atoms with Crippen LogP contribution in [-0.2, 0) is 6.18 Å². The molecule has 2 rings (SSSR count). The van der Waals surface area contributed by atoms with Crippen LogP contribution in [0.15, 0.2) is 6.07 Å². The molecular formula is C12H17F3N4. The summed E-state index contributed by atoms with van der Waals surface area (Å²) in [5, 5.41) is 2.94. The largest absolute Gasteiger partial charge is 0.433 e. The molecule has 19 heavy (non-hydrogen) atoms. The van der Waals surface area contributed by atoms with Crippen LogP contribution in [0.2, 0.25) is 0 Å². The summed E-state index contributed by atoms with van der Waals surface area (Å²) in [6, 6.07) is 0.899. The van der Waals surface area contributed by atoms with E-state index in [1.807, 2.05) is 0 Å². The van der Waals surface area contributed by atoms with E-state index in [-0.39, 0.29) is 11.8 Å². The normalized spacial score (nSPS) is 23.6. The summed E-state index contributed by atoms with van der Waals surface area (Å²) in [6.07, 6.45) is -1.06. The van der Waals surface area contributed by atoms with Crippen molar-refractivity contribution in [2.75, 3.05) is 17.6 Å². The van der Waals surface area contributed by atoms with E-state index >= 15 is 0 Å². The predicted molar refractivity (Wildman–Crippen MR) is 66.4 cm³/mol. The maximum Gasteiger partial charge on any atom is 0.433 e. The average molecular weight is 274 g/mol. The topological polar surface area (TPSA) is 63.8 Å². The molecule has 2 unspecified atom stereocenters. The van der Waals surface area contributed by atoms with Gasteiger partial charge in [0.15, 0.2) is 5.69 Å². The summed E-state index contributed by atoms with van der Waals surface area (Å²) in [6.45, 7) is 2.78. The van der Waals surface area contributed by atoms with Gasteiger partial charge in [0.1, 0.15) is 5.82 Å². The van der Waals surface area contributed by atoms with Crippen LogP contribution in [0, 0.1) is 11.8 Å². The lowest BCUT2D eigenvalue weighted by atomic mass is 9.98. The second-order valence-corrected chi connectivity index (χ2v) is 5.04. The van der Waals surface area contributed by atoms with Crippen LogP contribution < -0.4 is 11.1 Å². The molecule has 106 valence electrons. The van der Waals surface area contributed by atoms with Crippen molar-refractivity contribution in [1.82, 2.24) is 9.97 Å². The maximum atomic E-state index is 12.6. The molecule has 2 atom stereocenters. The molecule has 0 aromatic carbocycles. The fourth-order valence-corrected chi connectivity index (χ4v) is 2.46. The summed E-state index contributed by atoms with van der Waals surface area (Å²) >= 11 is 0. The van der Waals surface area contributed by atoms with Crippen LogP contribution in [-0.4, -0.2) is 16.5 Å². The third-order valence-corrected chi connectivity index (χ3v) is 3.62. The molecule has 1 heterocycles. The Labute approximate surface area is 109 Å². The Kier molecular flexibility index (Phi) is 3.82. The molecule has 7 heteroatoms. The standard InChI is InChI=1S/C12H17F3N4/c1-7-3-2-4-8(7)6-17-10-5-9(12(13,14)15)18-11(16)19-10/h5,7-8H,2-4,6H2,1H3,(H3,16,17,18,19). The first kappa shape index (κ1) is 13.9. The maximum absolute atomic E-state index is 12.6. The Morgan fingerprint density at radius 1 is 1.37 bits per heavy atom. The molecule has 0 radical (unpaired) electrons. The number of aromatic nitrogens is 2. The number of rotatable bonds is 3. The van der Waals surface area contributed by atoms with Gasteiger partial charge in [0.05, 0.1) is 0 Å². The quantitative estimate of drug-likeness (QED) is 0.889. The van der Waals surface area contributed by atoms with E-state index in [9.17, 15) is 13.2 Å². The molecule has 1 saturated carbocycles. The zero-order valence-electron chi connectivity index (χ0n) is 10.7. The first-order valence-electron chi connectivity index (χ1n) is 6.32. The van der Waals surface area contributed by atoms with Crippen molar-refractivity contribution >= 4 is 11.8 Å². The summed E-state index contributed by atoms with van der Waals surface area (Å²) in [7, 11) is 0. The fourth-order valence-electron chi connectivity index (χ4n) is 2.46. The van der Waals surface area contributed by atoms with Gasteiger partial charge in [-0.1, -0.05) is 19.8 Å². The molecule has 1 fully saturated rings. The number of alkyl halides is 3. The first-order valence-corrected chi connectivity index (χ1v) is 6.32. The first-order chi connectivity index (χ1) is 8.86. The number of halogens is 3. The number of hydrogen-bond acceptors (Lipinski definition) is 4. The Morgan fingerprint density at radius 3 is 2.68 bits per heavy atom. The van der Waals surface area contributed by atoms with E-state index in [2.05, 4.69) is 22.2 Å². The van der Waals surface area contributed by atoms with Gasteiger partial charge in [0, 0.05) is 12.6 Å². The number of nitrogens with two attached hydrogens (primary N) is 1. The van der Waals surface area contributed by atoms with Crippen molar-refractivity contribution in [3.63, 3.8) is 0 Å². The molecule has 0 saturated heterocycles. The van der Waals surface area contributed by atoms with Crippen molar-refractivity contribution in [3.8, 4) is 0 Å². The van der Waals surface area contributed by atoms with E-state index in [1.165, 1.54) is 12.8 Å². The van der Waals surface area contributed by atoms with Gasteiger partial charge < -0.3 is 11.1 Å². The Morgan fingerprint density at radius 2 is 2.11 bits per heavy atom. The van der Waals surface area contributed by atoms with Crippen molar-refractivity contribution in [3.05, 3.63) is 11.8 Å². The Balaban J connectivity index is 2.06. The average Bonchev–Trinajstić information content (AvgIpc) is 2.70. The monoisotopic (exact) mass is 274 g/mol. The van der Waals surface area contributed by atoms with Crippen LogP contribution in [0.4, 0.5) is 24.9 Å². The summed E-state index contributed by atoms with van der Waals surface area (Å²) in [5.41, 5.74) is 4.29. The molecule has 1 aromatic heterocycles.